The molecule has 0 spiro atoms. The molecule has 1 saturated heterocycles. The molecule has 3 aliphatic carbocycles. The number of hydrogen-bond donors (Lipinski definition) is 3. The molecule has 2 saturated carbocycles. The number of carbonyl (C=O) groups excluding carboxylic acids is 8. The molecule has 1 aliphatic heterocycles. The van der Waals surface area contributed by atoms with Crippen LogP contribution in [0, 0.1) is 16.7 Å². The molecule has 4 aromatic rings. The van der Waals surface area contributed by atoms with Crippen LogP contribution in [-0.2, 0) is 59.1 Å². The summed E-state index contributed by atoms with van der Waals surface area (Å²) in [6, 6.07) is 25.0. The van der Waals surface area contributed by atoms with Gasteiger partial charge in [0.15, 0.2) is 29.9 Å². The van der Waals surface area contributed by atoms with Gasteiger partial charge in [-0.25, -0.2) is 19.2 Å². The Morgan fingerprint density at radius 2 is 1.37 bits per heavy atom. The Morgan fingerprint density at radius 3 is 1.94 bits per heavy atom. The lowest BCUT2D eigenvalue weighted by Crippen LogP contribution is -2.82. The predicted octanol–water partition coefficient (Wildman–Crippen LogP) is 6.10. The van der Waals surface area contributed by atoms with Gasteiger partial charge in [-0.2, -0.15) is 4.57 Å². The van der Waals surface area contributed by atoms with Crippen LogP contribution in [0.4, 0.5) is 4.79 Å². The van der Waals surface area contributed by atoms with Crippen molar-refractivity contribution in [3.05, 3.63) is 149 Å². The first-order valence-electron chi connectivity index (χ1n) is 26.9. The SMILES string of the molecule is CC(=O)O[C@H]1C(=O)[C@@]2(C)[C@H]([C@H](OC(=O)c3ccccc3)[C@]3(O)C[C@H](OC(=O)[C@@H](OC(=O)c4ccc[n+](COC(=O)N(C(C)C)C(C)C)c4)[C@@H](NC(=O)c4ccccc4)c4ccccc4)C(C)=C1C3(C)C)[C@]1(OC(C)=O)CO[C@@H]1C[C@@H]2O. The maximum absolute atomic E-state index is 15.9. The van der Waals surface area contributed by atoms with Crippen molar-refractivity contribution in [1.29, 1.82) is 0 Å². The highest BCUT2D eigenvalue weighted by Gasteiger charge is 2.78. The van der Waals surface area contributed by atoms with E-state index >= 15 is 9.59 Å². The summed E-state index contributed by atoms with van der Waals surface area (Å²) in [7, 11) is 0. The maximum Gasteiger partial charge on any atom is 0.415 e. The van der Waals surface area contributed by atoms with Gasteiger partial charge in [0.25, 0.3) is 12.6 Å². The largest absolute Gasteiger partial charge is 0.455 e. The molecule has 20 nitrogen and oxygen atoms in total. The summed E-state index contributed by atoms with van der Waals surface area (Å²) < 4.78 is 44.3. The fourth-order valence-corrected chi connectivity index (χ4v) is 12.4. The van der Waals surface area contributed by atoms with E-state index in [2.05, 4.69) is 5.32 Å². The predicted molar refractivity (Wildman–Crippen MR) is 286 cm³/mol. The van der Waals surface area contributed by atoms with Crippen molar-refractivity contribution in [2.75, 3.05) is 6.61 Å². The molecule has 4 aliphatic rings. The minimum absolute atomic E-state index is 0.0276. The zero-order chi connectivity index (χ0) is 58.9. The molecule has 20 heteroatoms. The van der Waals surface area contributed by atoms with Crippen LogP contribution in [0.15, 0.2) is 127 Å². The van der Waals surface area contributed by atoms with Crippen molar-refractivity contribution in [2.24, 2.45) is 16.7 Å². The van der Waals surface area contributed by atoms with Gasteiger partial charge in [-0.15, -0.1) is 0 Å². The van der Waals surface area contributed by atoms with Crippen LogP contribution < -0.4 is 9.88 Å². The van der Waals surface area contributed by atoms with Gasteiger partial charge >= 0.3 is 35.9 Å². The van der Waals surface area contributed by atoms with E-state index in [-0.39, 0.29) is 65.2 Å². The van der Waals surface area contributed by atoms with Gasteiger partial charge in [0.2, 0.25) is 6.10 Å². The van der Waals surface area contributed by atoms with E-state index in [1.165, 1.54) is 48.9 Å². The summed E-state index contributed by atoms with van der Waals surface area (Å²) in [5, 5.41) is 29.3. The smallest absolute Gasteiger partial charge is 0.415 e. The Morgan fingerprint density at radius 1 is 0.778 bits per heavy atom. The number of hydrogen-bond acceptors (Lipinski definition) is 17. The van der Waals surface area contributed by atoms with Crippen LogP contribution in [0.5, 0.6) is 0 Å². The number of ether oxygens (including phenoxy) is 7. The molecule has 430 valence electrons. The first-order chi connectivity index (χ1) is 38.3. The van der Waals surface area contributed by atoms with Gasteiger partial charge in [-0.1, -0.05) is 80.6 Å². The fraction of sp³-hybridized carbons (Fsp3) is 0.459. The summed E-state index contributed by atoms with van der Waals surface area (Å²) >= 11 is 0. The van der Waals surface area contributed by atoms with E-state index in [4.69, 9.17) is 33.2 Å². The highest BCUT2D eigenvalue weighted by atomic mass is 16.6. The third-order valence-corrected chi connectivity index (χ3v) is 16.4. The van der Waals surface area contributed by atoms with Crippen molar-refractivity contribution in [3.8, 4) is 0 Å². The standard InChI is InChI=1S/C61H69N3O17/c1-34(2)64(35(3)4)57(73)76-33-63-28-20-27-42(31-63)55(71)79-49(47(39-21-14-11-15-22-39)62-53(69)40-23-16-12-17-24-40)56(72)78-43-30-61(74)52(80-54(70)41-25-18-13-19-26-41)50-59(10,44(67)29-45-60(50,32-75-45)81-38(7)66)51(68)48(77-37(6)65)46(36(43)5)58(61,8)9/h11-28,31,34-35,43-45,47-50,52,67,74H,29-30,32-33H2,1-10H3/p+1/t43-,44-,45+,47-,48+,49-,50-,52-,59+,60-,61+/m0/s1. The van der Waals surface area contributed by atoms with Crippen molar-refractivity contribution >= 4 is 47.6 Å². The van der Waals surface area contributed by atoms with E-state index in [1.807, 2.05) is 27.7 Å². The zero-order valence-corrected chi connectivity index (χ0v) is 47.0. The van der Waals surface area contributed by atoms with Gasteiger partial charge in [0.05, 0.1) is 29.6 Å². The van der Waals surface area contributed by atoms with Crippen LogP contribution in [0.3, 0.4) is 0 Å². The van der Waals surface area contributed by atoms with E-state index in [1.54, 1.807) is 104 Å². The third-order valence-electron chi connectivity index (χ3n) is 16.4. The molecule has 1 aromatic heterocycles. The van der Waals surface area contributed by atoms with Gasteiger partial charge in [-0.3, -0.25) is 19.2 Å². The first kappa shape index (κ1) is 59.3. The summed E-state index contributed by atoms with van der Waals surface area (Å²) in [5.74, 6) is -8.31. The number of rotatable bonds is 16. The van der Waals surface area contributed by atoms with Crippen molar-refractivity contribution in [1.82, 2.24) is 10.2 Å². The molecule has 2 amide bonds. The van der Waals surface area contributed by atoms with Gasteiger partial charge in [0.1, 0.15) is 35.5 Å². The molecule has 11 atom stereocenters. The normalized spacial score (nSPS) is 27.1. The molecule has 2 heterocycles. The molecule has 0 radical (unpaired) electrons. The average molecular weight is 1120 g/mol. The monoisotopic (exact) mass is 1120 g/mol. The number of ketones is 1. The number of benzene rings is 3. The number of nitrogens with one attached hydrogen (secondary N) is 1. The highest BCUT2D eigenvalue weighted by Crippen LogP contribution is 2.64. The van der Waals surface area contributed by atoms with E-state index in [0.29, 0.717) is 0 Å². The van der Waals surface area contributed by atoms with Crippen LogP contribution in [0.25, 0.3) is 0 Å². The number of aliphatic hydroxyl groups is 2. The van der Waals surface area contributed by atoms with Crippen LogP contribution in [0.2, 0.25) is 0 Å². The molecular formula is C61H70N3O17+. The van der Waals surface area contributed by atoms with Crippen LogP contribution >= 0.6 is 0 Å². The molecule has 3 fully saturated rings. The number of esters is 5. The van der Waals surface area contributed by atoms with Gasteiger partial charge in [-0.05, 0) is 88.6 Å². The highest BCUT2D eigenvalue weighted by molar-refractivity contribution is 5.97. The minimum atomic E-state index is -2.51. The lowest BCUT2D eigenvalue weighted by atomic mass is 9.44. The molecular weight excluding hydrogens is 1050 g/mol. The second-order valence-electron chi connectivity index (χ2n) is 22.5. The fourth-order valence-electron chi connectivity index (χ4n) is 12.4. The Kier molecular flexibility index (Phi) is 17.1. The Balaban J connectivity index is 1.27. The van der Waals surface area contributed by atoms with Crippen LogP contribution in [0.1, 0.15) is 125 Å². The Labute approximate surface area is 469 Å². The quantitative estimate of drug-likeness (QED) is 0.0495. The topological polar surface area (TPSA) is 261 Å². The molecule has 81 heavy (non-hydrogen) atoms. The molecule has 3 N–H and O–H groups in total. The molecule has 0 unspecified atom stereocenters. The number of nitrogens with zero attached hydrogens (tertiary/aromatic N) is 2. The van der Waals surface area contributed by atoms with Crippen molar-refractivity contribution < 1.29 is 86.3 Å². The first-order valence-corrected chi connectivity index (χ1v) is 26.9. The number of aromatic nitrogens is 1. The maximum atomic E-state index is 15.9. The van der Waals surface area contributed by atoms with Crippen molar-refractivity contribution in [2.45, 2.75) is 155 Å². The summed E-state index contributed by atoms with van der Waals surface area (Å²) in [6.45, 7) is 14.9. The summed E-state index contributed by atoms with van der Waals surface area (Å²) in [5.41, 5.74) is -7.86. The number of fused-ring (bicyclic) bond motifs is 5. The lowest BCUT2D eigenvalue weighted by molar-refractivity contribution is -0.727. The zero-order valence-electron chi connectivity index (χ0n) is 47.0. The molecule has 8 rings (SSSR count). The number of carbonyl (C=O) groups is 8. The number of amides is 2. The third kappa shape index (κ3) is 11.2. The van der Waals surface area contributed by atoms with Gasteiger partial charge in [0, 0.05) is 55.8 Å². The molecule has 2 bridgehead atoms. The second-order valence-corrected chi connectivity index (χ2v) is 22.5. The average Bonchev–Trinajstić information content (AvgIpc) is 3.24. The molecule has 3 aromatic carbocycles. The second kappa shape index (κ2) is 23.3. The van der Waals surface area contributed by atoms with Crippen LogP contribution in [-0.4, -0.2) is 129 Å². The number of aliphatic hydroxyl groups excluding tert-OH is 1. The van der Waals surface area contributed by atoms with E-state index < -0.39 is 125 Å². The number of pyridine rings is 1. The Bertz CT molecular complexity index is 3090. The van der Waals surface area contributed by atoms with E-state index in [9.17, 15) is 39.0 Å². The van der Waals surface area contributed by atoms with Gasteiger partial charge < -0.3 is 53.6 Å². The summed E-state index contributed by atoms with van der Waals surface area (Å²) in [6.07, 6.45) is -8.85. The minimum Gasteiger partial charge on any atom is -0.455 e. The lowest BCUT2D eigenvalue weighted by Gasteiger charge is -2.67. The van der Waals surface area contributed by atoms with Crippen molar-refractivity contribution in [3.63, 3.8) is 0 Å². The number of Topliss-reactive ketones (excluding diaryl/α,β-unsaturated/α-hetero) is 1. The Hall–Kier alpha value is -7.81. The van der Waals surface area contributed by atoms with E-state index in [0.717, 1.165) is 13.8 Å². The summed E-state index contributed by atoms with van der Waals surface area (Å²) in [4.78, 5) is 116.